The van der Waals surface area contributed by atoms with Gasteiger partial charge >= 0.3 is 6.04 Å². The molecule has 0 saturated carbocycles. The molecule has 1 aromatic carbocycles. The van der Waals surface area contributed by atoms with Crippen LogP contribution in [-0.2, 0) is 0 Å². The first kappa shape index (κ1) is 15.9. The van der Waals surface area contributed by atoms with E-state index in [1.807, 2.05) is 19.6 Å². The molecule has 0 radical (unpaired) electrons. The lowest BCUT2D eigenvalue weighted by Gasteiger charge is -2.26. The first-order valence-corrected chi connectivity index (χ1v) is 13.0. The minimum absolute atomic E-state index is 0.00354. The highest BCUT2D eigenvalue weighted by Gasteiger charge is 2.23. The molecule has 1 aromatic rings. The van der Waals surface area contributed by atoms with E-state index in [9.17, 15) is 9.18 Å². The Labute approximate surface area is 116 Å². The van der Waals surface area contributed by atoms with Crippen molar-refractivity contribution in [3.05, 3.63) is 23.8 Å². The largest absolute Gasteiger partial charge is 0.542 e. The van der Waals surface area contributed by atoms with Gasteiger partial charge in [-0.2, -0.15) is 4.39 Å². The normalized spacial score (nSPS) is 12.2. The van der Waals surface area contributed by atoms with E-state index < -0.39 is 22.7 Å². The average Bonchev–Trinajstić information content (AvgIpc) is 2.15. The van der Waals surface area contributed by atoms with Crippen LogP contribution in [0.25, 0.3) is 0 Å². The zero-order chi connectivity index (χ0) is 14.8. The third kappa shape index (κ3) is 5.56. The molecule has 0 fully saturated rings. The molecule has 0 spiro atoms. The number of halogens is 1. The first-order valence-electron chi connectivity index (χ1n) is 6.20. The average molecular weight is 300 g/mol. The predicted octanol–water partition coefficient (Wildman–Crippen LogP) is 4.22. The number of benzene rings is 1. The van der Waals surface area contributed by atoms with Crippen LogP contribution in [0.3, 0.4) is 0 Å². The molecule has 0 aliphatic heterocycles. The Balaban J connectivity index is 3.19. The molecule has 0 unspecified atom stereocenters. The standard InChI is InChI=1S/C13H21FO3Si2/c1-18(2,3)16-11-8-7-10(13(14)15)9-12(11)17-19(4,5)6/h7-9H,1-6H3. The van der Waals surface area contributed by atoms with Gasteiger partial charge in [0, 0.05) is 0 Å². The molecule has 0 aliphatic carbocycles. The Hall–Kier alpha value is -1.15. The third-order valence-corrected chi connectivity index (χ3v) is 3.67. The lowest BCUT2D eigenvalue weighted by Crippen LogP contribution is -2.32. The molecule has 0 heterocycles. The second kappa shape index (κ2) is 5.46. The van der Waals surface area contributed by atoms with Gasteiger partial charge in [0.05, 0.1) is 5.56 Å². The summed E-state index contributed by atoms with van der Waals surface area (Å²) in [6.45, 7) is 12.2. The molecule has 0 saturated heterocycles. The summed E-state index contributed by atoms with van der Waals surface area (Å²) in [7, 11) is -3.65. The van der Waals surface area contributed by atoms with Gasteiger partial charge in [0.1, 0.15) is 11.5 Å². The van der Waals surface area contributed by atoms with Crippen LogP contribution in [0.5, 0.6) is 11.5 Å². The summed E-state index contributed by atoms with van der Waals surface area (Å²) in [5.41, 5.74) is -0.00354. The zero-order valence-electron chi connectivity index (χ0n) is 12.3. The van der Waals surface area contributed by atoms with Gasteiger partial charge in [-0.15, -0.1) is 0 Å². The maximum atomic E-state index is 12.8. The molecule has 0 amide bonds. The van der Waals surface area contributed by atoms with Gasteiger partial charge in [0.15, 0.2) is 0 Å². The molecule has 1 rings (SSSR count). The molecule has 106 valence electrons. The summed E-state index contributed by atoms with van der Waals surface area (Å²) in [6.07, 6.45) is 0. The highest BCUT2D eigenvalue weighted by Crippen LogP contribution is 2.32. The maximum absolute atomic E-state index is 12.8. The fourth-order valence-electron chi connectivity index (χ4n) is 1.45. The quantitative estimate of drug-likeness (QED) is 0.603. The van der Waals surface area contributed by atoms with E-state index in [0.717, 1.165) is 0 Å². The zero-order valence-corrected chi connectivity index (χ0v) is 14.3. The van der Waals surface area contributed by atoms with Crippen LogP contribution in [0.2, 0.25) is 39.3 Å². The second-order valence-electron chi connectivity index (χ2n) is 6.36. The van der Waals surface area contributed by atoms with Crippen LogP contribution >= 0.6 is 0 Å². The van der Waals surface area contributed by atoms with Crippen molar-refractivity contribution >= 4 is 22.7 Å². The van der Waals surface area contributed by atoms with E-state index in [0.29, 0.717) is 11.5 Å². The summed E-state index contributed by atoms with van der Waals surface area (Å²) in [5.74, 6) is 1.05. The maximum Gasteiger partial charge on any atom is 0.332 e. The molecule has 3 nitrogen and oxygen atoms in total. The van der Waals surface area contributed by atoms with Crippen molar-refractivity contribution in [2.75, 3.05) is 0 Å². The van der Waals surface area contributed by atoms with Gasteiger partial charge in [-0.3, -0.25) is 4.79 Å². The molecule has 0 aromatic heterocycles. The van der Waals surface area contributed by atoms with Gasteiger partial charge in [0.25, 0.3) is 0 Å². The van der Waals surface area contributed by atoms with E-state index in [-0.39, 0.29) is 5.56 Å². The second-order valence-corrected chi connectivity index (χ2v) is 15.2. The van der Waals surface area contributed by atoms with Gasteiger partial charge in [0.2, 0.25) is 16.6 Å². The monoisotopic (exact) mass is 300 g/mol. The fraction of sp³-hybridized carbons (Fsp3) is 0.462. The highest BCUT2D eigenvalue weighted by molar-refractivity contribution is 6.71. The van der Waals surface area contributed by atoms with Gasteiger partial charge in [-0.25, -0.2) is 0 Å². The van der Waals surface area contributed by atoms with Crippen LogP contribution in [0.15, 0.2) is 18.2 Å². The summed E-state index contributed by atoms with van der Waals surface area (Å²) in [5, 5.41) is 0. The van der Waals surface area contributed by atoms with Crippen LogP contribution in [0, 0.1) is 0 Å². The molecule has 0 atom stereocenters. The van der Waals surface area contributed by atoms with E-state index in [4.69, 9.17) is 8.85 Å². The van der Waals surface area contributed by atoms with Crippen molar-refractivity contribution in [1.29, 1.82) is 0 Å². The molecule has 0 N–H and O–H groups in total. The predicted molar refractivity (Wildman–Crippen MR) is 79.8 cm³/mol. The molecule has 19 heavy (non-hydrogen) atoms. The smallest absolute Gasteiger partial charge is 0.332 e. The Morgan fingerprint density at radius 2 is 1.42 bits per heavy atom. The van der Waals surface area contributed by atoms with Crippen molar-refractivity contribution in [3.63, 3.8) is 0 Å². The topological polar surface area (TPSA) is 35.5 Å². The summed E-state index contributed by atoms with van der Waals surface area (Å²) >= 11 is 0. The summed E-state index contributed by atoms with van der Waals surface area (Å²) < 4.78 is 24.6. The van der Waals surface area contributed by atoms with Crippen LogP contribution < -0.4 is 8.85 Å². The molecular formula is C13H21FO3Si2. The van der Waals surface area contributed by atoms with Crippen molar-refractivity contribution in [1.82, 2.24) is 0 Å². The van der Waals surface area contributed by atoms with E-state index in [2.05, 4.69) is 19.6 Å². The van der Waals surface area contributed by atoms with Crippen molar-refractivity contribution in [3.8, 4) is 11.5 Å². The molecule has 0 bridgehead atoms. The van der Waals surface area contributed by atoms with E-state index >= 15 is 0 Å². The van der Waals surface area contributed by atoms with Crippen LogP contribution in [0.4, 0.5) is 4.39 Å². The van der Waals surface area contributed by atoms with Gasteiger partial charge < -0.3 is 8.85 Å². The van der Waals surface area contributed by atoms with E-state index in [1.165, 1.54) is 12.1 Å². The lowest BCUT2D eigenvalue weighted by atomic mass is 10.2. The van der Waals surface area contributed by atoms with Gasteiger partial charge in [-0.05, 0) is 57.5 Å². The van der Waals surface area contributed by atoms with Crippen molar-refractivity contribution in [2.45, 2.75) is 39.3 Å². The summed E-state index contributed by atoms with van der Waals surface area (Å²) in [4.78, 5) is 10.8. The van der Waals surface area contributed by atoms with Gasteiger partial charge in [-0.1, -0.05) is 0 Å². The minimum atomic E-state index is -1.86. The first-order chi connectivity index (χ1) is 8.48. The highest BCUT2D eigenvalue weighted by atomic mass is 28.4. The fourth-order valence-corrected chi connectivity index (χ4v) is 3.10. The number of rotatable bonds is 5. The SMILES string of the molecule is C[Si](C)(C)Oc1ccc(C(=O)F)cc1O[Si](C)(C)C. The Morgan fingerprint density at radius 3 is 1.84 bits per heavy atom. The minimum Gasteiger partial charge on any atom is -0.542 e. The van der Waals surface area contributed by atoms with E-state index in [1.54, 1.807) is 6.07 Å². The van der Waals surface area contributed by atoms with Crippen molar-refractivity contribution < 1.29 is 18.0 Å². The Bertz CT molecular complexity index is 476. The van der Waals surface area contributed by atoms with Crippen LogP contribution in [0.1, 0.15) is 10.4 Å². The lowest BCUT2D eigenvalue weighted by molar-refractivity contribution is 0.0835. The van der Waals surface area contributed by atoms with Crippen LogP contribution in [-0.4, -0.2) is 22.7 Å². The molecule has 0 aliphatic rings. The number of hydrogen-bond donors (Lipinski definition) is 0. The number of carbonyl (C=O) groups is 1. The molecule has 6 heteroatoms. The third-order valence-electron chi connectivity index (χ3n) is 2.00. The number of hydrogen-bond acceptors (Lipinski definition) is 3. The Morgan fingerprint density at radius 1 is 0.947 bits per heavy atom. The van der Waals surface area contributed by atoms with Crippen molar-refractivity contribution in [2.24, 2.45) is 0 Å². The number of carbonyl (C=O) groups excluding carboxylic acids is 1. The molecular weight excluding hydrogens is 279 g/mol. The summed E-state index contributed by atoms with van der Waals surface area (Å²) in [6, 6.07) is 3.01. The Kier molecular flexibility index (Phi) is 4.57.